The van der Waals surface area contributed by atoms with E-state index in [1.54, 1.807) is 35.9 Å². The summed E-state index contributed by atoms with van der Waals surface area (Å²) in [5, 5.41) is 7.78. The van der Waals surface area contributed by atoms with Crippen LogP contribution in [-0.2, 0) is 9.53 Å². The molecule has 31 heavy (non-hydrogen) atoms. The van der Waals surface area contributed by atoms with Crippen molar-refractivity contribution in [1.82, 2.24) is 9.78 Å². The van der Waals surface area contributed by atoms with Gasteiger partial charge in [0.15, 0.2) is 6.61 Å². The molecule has 0 atom stereocenters. The minimum atomic E-state index is -0.927. The molecule has 0 radical (unpaired) electrons. The standard InChI is InChI=1S/C21H14ClF2N3O3S/c1-11-12-9-17(31-20(12)27(26-11)16-8-3-2-5-13(16)22)21(29)30-10-18(28)25-19-14(23)6-4-7-15(19)24/h2-9H,10H2,1H3,(H,25,28). The van der Waals surface area contributed by atoms with Crippen molar-refractivity contribution in [3.63, 3.8) is 0 Å². The number of rotatable bonds is 5. The van der Waals surface area contributed by atoms with E-state index in [4.69, 9.17) is 16.3 Å². The summed E-state index contributed by atoms with van der Waals surface area (Å²) in [6, 6.07) is 12.0. The number of ether oxygens (including phenoxy) is 1. The molecule has 10 heteroatoms. The molecule has 0 saturated heterocycles. The number of para-hydroxylation sites is 2. The highest BCUT2D eigenvalue weighted by molar-refractivity contribution is 7.20. The van der Waals surface area contributed by atoms with Crippen molar-refractivity contribution >= 4 is 50.7 Å². The van der Waals surface area contributed by atoms with Crippen molar-refractivity contribution < 1.29 is 23.1 Å². The van der Waals surface area contributed by atoms with Gasteiger partial charge in [0.2, 0.25) is 0 Å². The first-order chi connectivity index (χ1) is 14.8. The number of nitrogens with one attached hydrogen (secondary N) is 1. The minimum absolute atomic E-state index is 0.251. The van der Waals surface area contributed by atoms with Crippen LogP contribution in [0.3, 0.4) is 0 Å². The number of hydrogen-bond acceptors (Lipinski definition) is 5. The number of carbonyl (C=O) groups excluding carboxylic acids is 2. The van der Waals surface area contributed by atoms with Gasteiger partial charge in [0.25, 0.3) is 5.91 Å². The molecule has 0 aliphatic heterocycles. The number of nitrogens with zero attached hydrogens (tertiary/aromatic N) is 2. The summed E-state index contributed by atoms with van der Waals surface area (Å²) in [6.07, 6.45) is 0. The first-order valence-corrected chi connectivity index (χ1v) is 10.2. The summed E-state index contributed by atoms with van der Waals surface area (Å²) in [4.78, 5) is 25.3. The van der Waals surface area contributed by atoms with Gasteiger partial charge in [-0.15, -0.1) is 11.3 Å². The van der Waals surface area contributed by atoms with Crippen LogP contribution in [0.2, 0.25) is 5.02 Å². The molecule has 2 aromatic heterocycles. The fourth-order valence-corrected chi connectivity index (χ4v) is 4.21. The highest BCUT2D eigenvalue weighted by Crippen LogP contribution is 2.32. The van der Waals surface area contributed by atoms with Crippen LogP contribution in [0.25, 0.3) is 15.9 Å². The Labute approximate surface area is 184 Å². The van der Waals surface area contributed by atoms with E-state index in [1.165, 1.54) is 6.07 Å². The molecular weight excluding hydrogens is 448 g/mol. The van der Waals surface area contributed by atoms with Gasteiger partial charge in [-0.25, -0.2) is 18.3 Å². The molecule has 0 fully saturated rings. The molecule has 4 rings (SSSR count). The van der Waals surface area contributed by atoms with Crippen molar-refractivity contribution in [2.45, 2.75) is 6.92 Å². The van der Waals surface area contributed by atoms with Crippen molar-refractivity contribution in [2.24, 2.45) is 0 Å². The lowest BCUT2D eigenvalue weighted by atomic mass is 10.3. The van der Waals surface area contributed by atoms with Crippen LogP contribution in [0, 0.1) is 18.6 Å². The van der Waals surface area contributed by atoms with Crippen LogP contribution in [0.1, 0.15) is 15.4 Å². The molecule has 158 valence electrons. The molecular formula is C21H14ClF2N3O3S. The third kappa shape index (κ3) is 4.14. The van der Waals surface area contributed by atoms with Gasteiger partial charge in [-0.3, -0.25) is 4.79 Å². The van der Waals surface area contributed by atoms with Crippen LogP contribution in [-0.4, -0.2) is 28.3 Å². The van der Waals surface area contributed by atoms with E-state index in [-0.39, 0.29) is 4.88 Å². The Balaban J connectivity index is 1.50. The van der Waals surface area contributed by atoms with Gasteiger partial charge in [0.1, 0.15) is 27.0 Å². The van der Waals surface area contributed by atoms with Crippen LogP contribution in [0.5, 0.6) is 0 Å². The Morgan fingerprint density at radius 3 is 2.58 bits per heavy atom. The summed E-state index contributed by atoms with van der Waals surface area (Å²) < 4.78 is 33.9. The Morgan fingerprint density at radius 1 is 1.16 bits per heavy atom. The lowest BCUT2D eigenvalue weighted by Crippen LogP contribution is -2.21. The van der Waals surface area contributed by atoms with E-state index in [9.17, 15) is 18.4 Å². The van der Waals surface area contributed by atoms with E-state index in [0.717, 1.165) is 28.9 Å². The number of benzene rings is 2. The average Bonchev–Trinajstić information content (AvgIpc) is 3.30. The lowest BCUT2D eigenvalue weighted by molar-refractivity contribution is -0.119. The van der Waals surface area contributed by atoms with Gasteiger partial charge in [0, 0.05) is 5.39 Å². The molecule has 0 unspecified atom stereocenters. The molecule has 4 aromatic rings. The third-order valence-corrected chi connectivity index (χ3v) is 5.80. The number of aromatic nitrogens is 2. The van der Waals surface area contributed by atoms with E-state index in [0.29, 0.717) is 21.2 Å². The quantitative estimate of drug-likeness (QED) is 0.418. The molecule has 0 aliphatic carbocycles. The van der Waals surface area contributed by atoms with Crippen LogP contribution in [0.4, 0.5) is 14.5 Å². The summed E-state index contributed by atoms with van der Waals surface area (Å²) in [6.45, 7) is 1.10. The van der Waals surface area contributed by atoms with Gasteiger partial charge in [0.05, 0.1) is 16.4 Å². The topological polar surface area (TPSA) is 73.2 Å². The molecule has 0 saturated carbocycles. The van der Waals surface area contributed by atoms with Gasteiger partial charge < -0.3 is 10.1 Å². The monoisotopic (exact) mass is 461 g/mol. The maximum Gasteiger partial charge on any atom is 0.348 e. The van der Waals surface area contributed by atoms with Crippen molar-refractivity contribution in [1.29, 1.82) is 0 Å². The summed E-state index contributed by atoms with van der Waals surface area (Å²) >= 11 is 7.40. The SMILES string of the molecule is Cc1nn(-c2ccccc2Cl)c2sc(C(=O)OCC(=O)Nc3c(F)cccc3F)cc12. The highest BCUT2D eigenvalue weighted by atomic mass is 35.5. The predicted molar refractivity (Wildman–Crippen MR) is 114 cm³/mol. The van der Waals surface area contributed by atoms with Crippen LogP contribution >= 0.6 is 22.9 Å². The van der Waals surface area contributed by atoms with E-state index in [2.05, 4.69) is 10.4 Å². The van der Waals surface area contributed by atoms with Gasteiger partial charge in [-0.1, -0.05) is 29.8 Å². The molecule has 2 aromatic carbocycles. The number of anilines is 1. The maximum atomic E-state index is 13.6. The summed E-state index contributed by atoms with van der Waals surface area (Å²) in [7, 11) is 0. The number of fused-ring (bicyclic) bond motifs is 1. The lowest BCUT2D eigenvalue weighted by Gasteiger charge is -2.07. The van der Waals surface area contributed by atoms with Gasteiger partial charge in [-0.05, 0) is 37.3 Å². The zero-order valence-electron chi connectivity index (χ0n) is 16.0. The van der Waals surface area contributed by atoms with Crippen molar-refractivity contribution in [3.8, 4) is 5.69 Å². The second kappa shape index (κ2) is 8.44. The van der Waals surface area contributed by atoms with E-state index in [1.807, 2.05) is 6.07 Å². The zero-order valence-corrected chi connectivity index (χ0v) is 17.6. The molecule has 1 amide bonds. The first-order valence-electron chi connectivity index (χ1n) is 9.00. The number of amides is 1. The number of aryl methyl sites for hydroxylation is 1. The number of carbonyl (C=O) groups is 2. The Hall–Kier alpha value is -3.30. The van der Waals surface area contributed by atoms with Crippen LogP contribution in [0.15, 0.2) is 48.5 Å². The van der Waals surface area contributed by atoms with Gasteiger partial charge >= 0.3 is 5.97 Å². The summed E-state index contributed by atoms with van der Waals surface area (Å²) in [5.74, 6) is -3.46. The molecule has 0 spiro atoms. The Bertz CT molecular complexity index is 1300. The average molecular weight is 462 g/mol. The fraction of sp³-hybridized carbons (Fsp3) is 0.0952. The molecule has 1 N–H and O–H groups in total. The Kier molecular flexibility index (Phi) is 5.71. The second-order valence-electron chi connectivity index (χ2n) is 6.50. The van der Waals surface area contributed by atoms with E-state index < -0.39 is 35.8 Å². The third-order valence-electron chi connectivity index (χ3n) is 4.39. The van der Waals surface area contributed by atoms with Crippen molar-refractivity contribution in [3.05, 3.63) is 75.8 Å². The van der Waals surface area contributed by atoms with E-state index >= 15 is 0 Å². The number of thiophene rings is 1. The van der Waals surface area contributed by atoms with Crippen LogP contribution < -0.4 is 5.32 Å². The zero-order chi connectivity index (χ0) is 22.1. The molecule has 6 nitrogen and oxygen atoms in total. The molecule has 2 heterocycles. The number of esters is 1. The molecule has 0 aliphatic rings. The normalized spacial score (nSPS) is 11.0. The largest absolute Gasteiger partial charge is 0.451 e. The number of hydrogen-bond donors (Lipinski definition) is 1. The summed E-state index contributed by atoms with van der Waals surface area (Å²) in [5.41, 5.74) is 0.759. The molecule has 0 bridgehead atoms. The fourth-order valence-electron chi connectivity index (χ4n) is 2.93. The smallest absolute Gasteiger partial charge is 0.348 e. The minimum Gasteiger partial charge on any atom is -0.451 e. The predicted octanol–water partition coefficient (Wildman–Crippen LogP) is 5.12. The first kappa shape index (κ1) is 21.0. The highest BCUT2D eigenvalue weighted by Gasteiger charge is 2.20. The maximum absolute atomic E-state index is 13.6. The number of halogens is 3. The second-order valence-corrected chi connectivity index (χ2v) is 7.94. The van der Waals surface area contributed by atoms with Gasteiger partial charge in [-0.2, -0.15) is 5.10 Å². The Morgan fingerprint density at radius 2 is 1.87 bits per heavy atom. The van der Waals surface area contributed by atoms with Crippen molar-refractivity contribution in [2.75, 3.05) is 11.9 Å².